The average Bonchev–Trinajstić information content (AvgIpc) is 3.11. The van der Waals surface area contributed by atoms with Crippen molar-refractivity contribution in [1.29, 1.82) is 0 Å². The Morgan fingerprint density at radius 2 is 2.12 bits per heavy atom. The van der Waals surface area contributed by atoms with E-state index in [1.165, 1.54) is 6.07 Å². The minimum Gasteiger partial charge on any atom is -0.351 e. The van der Waals surface area contributed by atoms with Gasteiger partial charge in [0.2, 0.25) is 0 Å². The second-order valence-corrected chi connectivity index (χ2v) is 6.34. The summed E-state index contributed by atoms with van der Waals surface area (Å²) in [6.45, 7) is 2.41. The molecule has 0 aliphatic carbocycles. The van der Waals surface area contributed by atoms with Crippen LogP contribution in [-0.4, -0.2) is 34.3 Å². The molecule has 1 aliphatic rings. The van der Waals surface area contributed by atoms with Crippen LogP contribution in [0, 0.1) is 5.82 Å². The Labute approximate surface area is 145 Å². The zero-order valence-electron chi connectivity index (χ0n) is 13.9. The van der Waals surface area contributed by atoms with E-state index in [1.807, 2.05) is 24.3 Å². The third kappa shape index (κ3) is 3.44. The molecule has 3 aromatic rings. The lowest BCUT2D eigenvalue weighted by atomic mass is 10.1. The smallest absolute Gasteiger partial charge is 0.151 e. The molecule has 6 heteroatoms. The molecule has 0 bridgehead atoms. The molecule has 4 rings (SSSR count). The number of rotatable bonds is 5. The molecule has 0 amide bonds. The molecule has 128 valence electrons. The fraction of sp³-hybridized carbons (Fsp3) is 0.316. The number of pyridine rings is 1. The van der Waals surface area contributed by atoms with Gasteiger partial charge >= 0.3 is 0 Å². The average molecular weight is 337 g/mol. The first-order chi connectivity index (χ1) is 12.3. The molecular weight excluding hydrogens is 317 g/mol. The summed E-state index contributed by atoms with van der Waals surface area (Å²) in [5.41, 5.74) is 1.74. The first kappa shape index (κ1) is 15.9. The summed E-state index contributed by atoms with van der Waals surface area (Å²) in [6, 6.07) is 11.1. The van der Waals surface area contributed by atoms with Crippen LogP contribution in [0.15, 0.2) is 48.8 Å². The summed E-state index contributed by atoms with van der Waals surface area (Å²) in [5.74, 6) is 0.698. The lowest BCUT2D eigenvalue weighted by molar-refractivity contribution is 0.567. The number of hydrogen-bond acceptors (Lipinski definition) is 5. The van der Waals surface area contributed by atoms with Crippen LogP contribution in [0.3, 0.4) is 0 Å². The van der Waals surface area contributed by atoms with Crippen molar-refractivity contribution in [3.8, 4) is 0 Å². The molecule has 0 spiro atoms. The van der Waals surface area contributed by atoms with Crippen molar-refractivity contribution in [2.45, 2.75) is 25.4 Å². The summed E-state index contributed by atoms with van der Waals surface area (Å²) in [7, 11) is 0. The molecule has 1 aliphatic heterocycles. The summed E-state index contributed by atoms with van der Waals surface area (Å²) < 4.78 is 13.8. The van der Waals surface area contributed by atoms with Crippen molar-refractivity contribution in [2.75, 3.05) is 18.0 Å². The number of anilines is 1. The van der Waals surface area contributed by atoms with Crippen LogP contribution in [0.4, 0.5) is 10.2 Å². The number of hydrogen-bond donors (Lipinski definition) is 1. The van der Waals surface area contributed by atoms with E-state index in [0.29, 0.717) is 12.6 Å². The van der Waals surface area contributed by atoms with E-state index in [-0.39, 0.29) is 5.82 Å². The van der Waals surface area contributed by atoms with Crippen LogP contribution in [0.25, 0.3) is 10.9 Å². The Balaban J connectivity index is 1.44. The van der Waals surface area contributed by atoms with Crippen molar-refractivity contribution in [1.82, 2.24) is 20.5 Å². The molecule has 3 heterocycles. The number of nitrogens with one attached hydrogen (secondary N) is 1. The molecule has 1 N–H and O–H groups in total. The zero-order valence-corrected chi connectivity index (χ0v) is 13.9. The number of nitrogens with zero attached hydrogens (tertiary/aromatic N) is 4. The molecule has 2 aromatic heterocycles. The minimum atomic E-state index is -0.223. The molecule has 0 radical (unpaired) electrons. The highest BCUT2D eigenvalue weighted by atomic mass is 19.1. The van der Waals surface area contributed by atoms with Gasteiger partial charge in [-0.2, -0.15) is 5.10 Å². The molecule has 25 heavy (non-hydrogen) atoms. The number of halogens is 1. The Morgan fingerprint density at radius 3 is 3.00 bits per heavy atom. The van der Waals surface area contributed by atoms with Gasteiger partial charge < -0.3 is 10.2 Å². The molecule has 1 fully saturated rings. The van der Waals surface area contributed by atoms with Gasteiger partial charge in [0, 0.05) is 43.5 Å². The van der Waals surface area contributed by atoms with Crippen molar-refractivity contribution < 1.29 is 4.39 Å². The van der Waals surface area contributed by atoms with Crippen molar-refractivity contribution >= 4 is 16.7 Å². The monoisotopic (exact) mass is 337 g/mol. The largest absolute Gasteiger partial charge is 0.351 e. The molecular formula is C19H20FN5. The number of benzene rings is 1. The van der Waals surface area contributed by atoms with Gasteiger partial charge in [-0.25, -0.2) is 4.39 Å². The standard InChI is InChI=1S/C19H20FN5/c20-16-10-14-4-1-7-22-19(14)15(11-16)12-21-13-17-5-3-9-25(17)18-6-2-8-23-24-18/h1-2,4,6-8,10-11,17,21H,3,5,9,12-13H2/t17-/m0/s1. The van der Waals surface area contributed by atoms with E-state index in [1.54, 1.807) is 18.5 Å². The molecule has 1 atom stereocenters. The van der Waals surface area contributed by atoms with Gasteiger partial charge in [-0.05, 0) is 48.7 Å². The van der Waals surface area contributed by atoms with Crippen LogP contribution < -0.4 is 10.2 Å². The Morgan fingerprint density at radius 1 is 1.20 bits per heavy atom. The predicted molar refractivity (Wildman–Crippen MR) is 95.8 cm³/mol. The molecule has 0 unspecified atom stereocenters. The van der Waals surface area contributed by atoms with Crippen LogP contribution in [0.2, 0.25) is 0 Å². The fourth-order valence-corrected chi connectivity index (χ4v) is 3.53. The van der Waals surface area contributed by atoms with E-state index in [2.05, 4.69) is 25.4 Å². The molecule has 1 saturated heterocycles. The number of aromatic nitrogens is 3. The highest BCUT2D eigenvalue weighted by Crippen LogP contribution is 2.23. The van der Waals surface area contributed by atoms with Gasteiger partial charge in [-0.15, -0.1) is 5.10 Å². The quantitative estimate of drug-likeness (QED) is 0.776. The summed E-state index contributed by atoms with van der Waals surface area (Å²) in [5, 5.41) is 12.5. The van der Waals surface area contributed by atoms with Crippen LogP contribution in [0.5, 0.6) is 0 Å². The summed E-state index contributed by atoms with van der Waals surface area (Å²) >= 11 is 0. The first-order valence-electron chi connectivity index (χ1n) is 8.59. The SMILES string of the molecule is Fc1cc(CNC[C@@H]2CCCN2c2cccnn2)c2ncccc2c1. The van der Waals surface area contributed by atoms with E-state index >= 15 is 0 Å². The van der Waals surface area contributed by atoms with Crippen molar-refractivity contribution in [3.05, 3.63) is 60.2 Å². The topological polar surface area (TPSA) is 53.9 Å². The third-order valence-electron chi connectivity index (χ3n) is 4.67. The summed E-state index contributed by atoms with van der Waals surface area (Å²) in [6.07, 6.45) is 5.70. The van der Waals surface area contributed by atoms with E-state index in [0.717, 1.165) is 48.2 Å². The van der Waals surface area contributed by atoms with Gasteiger partial charge in [0.25, 0.3) is 0 Å². The van der Waals surface area contributed by atoms with Gasteiger partial charge in [-0.3, -0.25) is 4.98 Å². The Hall–Kier alpha value is -2.60. The second kappa shape index (κ2) is 7.11. The van der Waals surface area contributed by atoms with E-state index in [4.69, 9.17) is 0 Å². The molecule has 5 nitrogen and oxygen atoms in total. The van der Waals surface area contributed by atoms with Crippen LogP contribution in [0.1, 0.15) is 18.4 Å². The number of fused-ring (bicyclic) bond motifs is 1. The fourth-order valence-electron chi connectivity index (χ4n) is 3.53. The third-order valence-corrected chi connectivity index (χ3v) is 4.67. The minimum absolute atomic E-state index is 0.223. The van der Waals surface area contributed by atoms with Gasteiger partial charge in [0.1, 0.15) is 5.82 Å². The Kier molecular flexibility index (Phi) is 4.52. The van der Waals surface area contributed by atoms with Crippen LogP contribution >= 0.6 is 0 Å². The highest BCUT2D eigenvalue weighted by molar-refractivity contribution is 5.81. The normalized spacial score (nSPS) is 17.3. The van der Waals surface area contributed by atoms with Crippen molar-refractivity contribution in [2.24, 2.45) is 0 Å². The summed E-state index contributed by atoms with van der Waals surface area (Å²) in [4.78, 5) is 6.69. The molecule has 0 saturated carbocycles. The lowest BCUT2D eigenvalue weighted by Crippen LogP contribution is -2.38. The Bertz CT molecular complexity index is 855. The van der Waals surface area contributed by atoms with E-state index in [9.17, 15) is 4.39 Å². The highest BCUT2D eigenvalue weighted by Gasteiger charge is 2.25. The maximum atomic E-state index is 13.8. The predicted octanol–water partition coefficient (Wildman–Crippen LogP) is 2.92. The van der Waals surface area contributed by atoms with Gasteiger partial charge in [0.05, 0.1) is 5.52 Å². The maximum absolute atomic E-state index is 13.8. The van der Waals surface area contributed by atoms with Crippen LogP contribution in [-0.2, 0) is 6.54 Å². The second-order valence-electron chi connectivity index (χ2n) is 6.34. The van der Waals surface area contributed by atoms with Gasteiger partial charge in [0.15, 0.2) is 5.82 Å². The van der Waals surface area contributed by atoms with Crippen molar-refractivity contribution in [3.63, 3.8) is 0 Å². The van der Waals surface area contributed by atoms with E-state index < -0.39 is 0 Å². The molecule has 1 aromatic carbocycles. The zero-order chi connectivity index (χ0) is 17.1. The van der Waals surface area contributed by atoms with Gasteiger partial charge in [-0.1, -0.05) is 6.07 Å². The first-order valence-corrected chi connectivity index (χ1v) is 8.59. The maximum Gasteiger partial charge on any atom is 0.151 e. The lowest BCUT2D eigenvalue weighted by Gasteiger charge is -2.25.